The molecule has 0 amide bonds. The van der Waals surface area contributed by atoms with Crippen LogP contribution in [-0.2, 0) is 0 Å². The van der Waals surface area contributed by atoms with Crippen molar-refractivity contribution in [2.45, 2.75) is 0 Å². The highest BCUT2D eigenvalue weighted by molar-refractivity contribution is 5.93. The van der Waals surface area contributed by atoms with Crippen molar-refractivity contribution in [2.24, 2.45) is 0 Å². The zero-order valence-electron chi connectivity index (χ0n) is 10.2. The van der Waals surface area contributed by atoms with Crippen molar-refractivity contribution in [1.29, 1.82) is 5.26 Å². The fourth-order valence-electron chi connectivity index (χ4n) is 2.15. The fraction of sp³-hybridized carbons (Fsp3) is 0.0667. The van der Waals surface area contributed by atoms with Crippen LogP contribution in [0, 0.1) is 11.3 Å². The Labute approximate surface area is 108 Å². The Bertz CT molecular complexity index is 888. The third-order valence-electron chi connectivity index (χ3n) is 3.13. The summed E-state index contributed by atoms with van der Waals surface area (Å²) in [5.74, 6) is 0.691. The van der Waals surface area contributed by atoms with E-state index in [1.165, 1.54) is 0 Å². The van der Waals surface area contributed by atoms with Crippen LogP contribution in [-0.4, -0.2) is 12.1 Å². The predicted octanol–water partition coefficient (Wildman–Crippen LogP) is 2.56. The largest absolute Gasteiger partial charge is 0.497 e. The van der Waals surface area contributed by atoms with Gasteiger partial charge in [-0.1, -0.05) is 0 Å². The second kappa shape index (κ2) is 4.14. The van der Waals surface area contributed by atoms with Crippen LogP contribution in [0.4, 0.5) is 0 Å². The summed E-state index contributed by atoms with van der Waals surface area (Å²) in [7, 11) is 1.58. The Balaban J connectivity index is 2.45. The van der Waals surface area contributed by atoms with Crippen LogP contribution in [0.25, 0.3) is 21.8 Å². The second-order valence-electron chi connectivity index (χ2n) is 4.24. The molecule has 0 unspecified atom stereocenters. The SMILES string of the molecule is COc1ccc2c(=O)c3cc(C#N)ccc3[nH]c2c1. The molecule has 0 aliphatic carbocycles. The lowest BCUT2D eigenvalue weighted by atomic mass is 10.1. The van der Waals surface area contributed by atoms with Gasteiger partial charge in [0.15, 0.2) is 5.43 Å². The third-order valence-corrected chi connectivity index (χ3v) is 3.13. The molecule has 1 N–H and O–H groups in total. The molecule has 19 heavy (non-hydrogen) atoms. The highest BCUT2D eigenvalue weighted by atomic mass is 16.5. The van der Waals surface area contributed by atoms with Gasteiger partial charge in [-0.3, -0.25) is 4.79 Å². The van der Waals surface area contributed by atoms with E-state index in [2.05, 4.69) is 4.98 Å². The van der Waals surface area contributed by atoms with Gasteiger partial charge in [0, 0.05) is 22.4 Å². The predicted molar refractivity (Wildman–Crippen MR) is 73.3 cm³/mol. The van der Waals surface area contributed by atoms with Crippen LogP contribution in [0.2, 0.25) is 0 Å². The number of aromatic amines is 1. The summed E-state index contributed by atoms with van der Waals surface area (Å²) < 4.78 is 5.15. The molecule has 0 radical (unpaired) electrons. The van der Waals surface area contributed by atoms with Crippen molar-refractivity contribution in [3.8, 4) is 11.8 Å². The van der Waals surface area contributed by atoms with Gasteiger partial charge in [0.1, 0.15) is 5.75 Å². The number of methoxy groups -OCH3 is 1. The zero-order valence-corrected chi connectivity index (χ0v) is 10.2. The van der Waals surface area contributed by atoms with Crippen LogP contribution in [0.5, 0.6) is 5.75 Å². The van der Waals surface area contributed by atoms with E-state index in [0.29, 0.717) is 27.6 Å². The number of H-pyrrole nitrogens is 1. The quantitative estimate of drug-likeness (QED) is 0.675. The van der Waals surface area contributed by atoms with E-state index >= 15 is 0 Å². The van der Waals surface area contributed by atoms with Gasteiger partial charge in [-0.05, 0) is 30.3 Å². The van der Waals surface area contributed by atoms with Gasteiger partial charge in [0.05, 0.1) is 24.3 Å². The van der Waals surface area contributed by atoms with E-state index in [-0.39, 0.29) is 5.43 Å². The van der Waals surface area contributed by atoms with Gasteiger partial charge >= 0.3 is 0 Å². The number of nitrogens with zero attached hydrogens (tertiary/aromatic N) is 1. The number of hydrogen-bond donors (Lipinski definition) is 1. The molecule has 4 nitrogen and oxygen atoms in total. The minimum absolute atomic E-state index is 0.0801. The summed E-state index contributed by atoms with van der Waals surface area (Å²) in [5, 5.41) is 10.0. The molecule has 4 heteroatoms. The van der Waals surface area contributed by atoms with E-state index in [0.717, 1.165) is 5.52 Å². The van der Waals surface area contributed by atoms with Crippen molar-refractivity contribution in [1.82, 2.24) is 4.98 Å². The van der Waals surface area contributed by atoms with E-state index in [4.69, 9.17) is 10.00 Å². The standard InChI is InChI=1S/C15H10N2O2/c1-19-10-3-4-11-14(7-10)17-13-5-2-9(8-16)6-12(13)15(11)18/h2-7H,1H3,(H,17,18). The zero-order chi connectivity index (χ0) is 13.4. The smallest absolute Gasteiger partial charge is 0.197 e. The van der Waals surface area contributed by atoms with Gasteiger partial charge in [-0.25, -0.2) is 0 Å². The highest BCUT2D eigenvalue weighted by Gasteiger charge is 2.07. The monoisotopic (exact) mass is 250 g/mol. The maximum atomic E-state index is 12.4. The first kappa shape index (κ1) is 11.3. The number of hydrogen-bond acceptors (Lipinski definition) is 3. The summed E-state index contributed by atoms with van der Waals surface area (Å²) in [6, 6.07) is 12.3. The first-order valence-corrected chi connectivity index (χ1v) is 5.77. The number of benzene rings is 2. The molecule has 0 atom stereocenters. The molecule has 1 aromatic heterocycles. The lowest BCUT2D eigenvalue weighted by molar-refractivity contribution is 0.415. The van der Waals surface area contributed by atoms with E-state index < -0.39 is 0 Å². The van der Waals surface area contributed by atoms with Gasteiger partial charge in [0.2, 0.25) is 0 Å². The third kappa shape index (κ3) is 1.72. The Kier molecular flexibility index (Phi) is 2.46. The van der Waals surface area contributed by atoms with E-state index in [1.807, 2.05) is 6.07 Å². The number of fused-ring (bicyclic) bond motifs is 2. The maximum Gasteiger partial charge on any atom is 0.197 e. The average Bonchev–Trinajstić information content (AvgIpc) is 2.46. The number of nitriles is 1. The van der Waals surface area contributed by atoms with Crippen molar-refractivity contribution < 1.29 is 4.74 Å². The molecule has 0 bridgehead atoms. The van der Waals surface area contributed by atoms with Crippen molar-refractivity contribution in [2.75, 3.05) is 7.11 Å². The lowest BCUT2D eigenvalue weighted by Gasteiger charge is -2.05. The fourth-order valence-corrected chi connectivity index (χ4v) is 2.15. The van der Waals surface area contributed by atoms with Crippen LogP contribution in [0.15, 0.2) is 41.2 Å². The highest BCUT2D eigenvalue weighted by Crippen LogP contribution is 2.20. The number of ether oxygens (including phenoxy) is 1. The number of aromatic nitrogens is 1. The average molecular weight is 250 g/mol. The number of pyridine rings is 1. The molecule has 0 aliphatic heterocycles. The van der Waals surface area contributed by atoms with Crippen LogP contribution in [0.3, 0.4) is 0 Å². The Morgan fingerprint density at radius 3 is 2.68 bits per heavy atom. The molecule has 2 aromatic carbocycles. The molecular formula is C15H10N2O2. The molecule has 0 spiro atoms. The summed E-state index contributed by atoms with van der Waals surface area (Å²) >= 11 is 0. The Morgan fingerprint density at radius 1 is 1.11 bits per heavy atom. The van der Waals surface area contributed by atoms with Gasteiger partial charge in [0.25, 0.3) is 0 Å². The summed E-state index contributed by atoms with van der Waals surface area (Å²) in [4.78, 5) is 15.6. The maximum absolute atomic E-state index is 12.4. The molecule has 0 fully saturated rings. The number of nitrogens with one attached hydrogen (secondary N) is 1. The molecule has 92 valence electrons. The van der Waals surface area contributed by atoms with Crippen LogP contribution >= 0.6 is 0 Å². The van der Waals surface area contributed by atoms with Crippen molar-refractivity contribution in [3.05, 3.63) is 52.2 Å². The second-order valence-corrected chi connectivity index (χ2v) is 4.24. The summed E-state index contributed by atoms with van der Waals surface area (Å²) in [6.07, 6.45) is 0. The van der Waals surface area contributed by atoms with Crippen LogP contribution in [0.1, 0.15) is 5.56 Å². The molecule has 1 heterocycles. The van der Waals surface area contributed by atoms with Gasteiger partial charge < -0.3 is 9.72 Å². The Hall–Kier alpha value is -2.80. The molecular weight excluding hydrogens is 240 g/mol. The molecule has 0 saturated carbocycles. The summed E-state index contributed by atoms with van der Waals surface area (Å²) in [5.41, 5.74) is 1.83. The molecule has 3 rings (SSSR count). The van der Waals surface area contributed by atoms with Crippen molar-refractivity contribution >= 4 is 21.8 Å². The Morgan fingerprint density at radius 2 is 1.95 bits per heavy atom. The van der Waals surface area contributed by atoms with Gasteiger partial charge in [-0.15, -0.1) is 0 Å². The summed E-state index contributed by atoms with van der Waals surface area (Å²) in [6.45, 7) is 0. The van der Waals surface area contributed by atoms with E-state index in [1.54, 1.807) is 43.5 Å². The normalized spacial score (nSPS) is 10.5. The molecule has 0 saturated heterocycles. The van der Waals surface area contributed by atoms with Gasteiger partial charge in [-0.2, -0.15) is 5.26 Å². The molecule has 0 aliphatic rings. The molecule has 3 aromatic rings. The first-order valence-electron chi connectivity index (χ1n) is 5.77. The lowest BCUT2D eigenvalue weighted by Crippen LogP contribution is -2.04. The van der Waals surface area contributed by atoms with E-state index in [9.17, 15) is 4.79 Å². The van der Waals surface area contributed by atoms with Crippen LogP contribution < -0.4 is 10.2 Å². The minimum atomic E-state index is -0.0801. The minimum Gasteiger partial charge on any atom is -0.497 e. The topological polar surface area (TPSA) is 65.9 Å². The first-order chi connectivity index (χ1) is 9.22. The number of rotatable bonds is 1. The van der Waals surface area contributed by atoms with Crippen molar-refractivity contribution in [3.63, 3.8) is 0 Å².